The normalized spacial score (nSPS) is 49.3. The molecule has 164 valence electrons. The molecule has 6 aliphatic rings. The van der Waals surface area contributed by atoms with E-state index < -0.39 is 23.8 Å². The lowest BCUT2D eigenvalue weighted by Gasteiger charge is -2.39. The van der Waals surface area contributed by atoms with Gasteiger partial charge in [0.05, 0.1) is 18.9 Å². The van der Waals surface area contributed by atoms with Crippen molar-refractivity contribution in [3.05, 3.63) is 0 Å². The first-order chi connectivity index (χ1) is 14.5. The van der Waals surface area contributed by atoms with Gasteiger partial charge in [0.15, 0.2) is 6.61 Å². The fourth-order valence-corrected chi connectivity index (χ4v) is 9.12. The Morgan fingerprint density at radius 2 is 1.37 bits per heavy atom. The van der Waals surface area contributed by atoms with Gasteiger partial charge < -0.3 is 14.2 Å². The summed E-state index contributed by atoms with van der Waals surface area (Å²) in [5, 5.41) is 0. The molecule has 6 fully saturated rings. The van der Waals surface area contributed by atoms with Gasteiger partial charge in [0.2, 0.25) is 0 Å². The highest BCUT2D eigenvalue weighted by molar-refractivity contribution is 5.85. The van der Waals surface area contributed by atoms with Crippen LogP contribution in [0.2, 0.25) is 0 Å². The molecule has 0 aromatic rings. The third-order valence-electron chi connectivity index (χ3n) is 9.96. The van der Waals surface area contributed by atoms with Gasteiger partial charge in [-0.1, -0.05) is 0 Å². The molecule has 6 aliphatic carbocycles. The Morgan fingerprint density at radius 3 is 2.10 bits per heavy atom. The monoisotopic (exact) mass is 416 g/mol. The lowest BCUT2D eigenvalue weighted by molar-refractivity contribution is -0.171. The van der Waals surface area contributed by atoms with Crippen molar-refractivity contribution in [1.82, 2.24) is 0 Å². The summed E-state index contributed by atoms with van der Waals surface area (Å²) in [7, 11) is 1.27. The number of carbonyl (C=O) groups is 3. The summed E-state index contributed by atoms with van der Waals surface area (Å²) < 4.78 is 16.0. The highest BCUT2D eigenvalue weighted by atomic mass is 16.6. The smallest absolute Gasteiger partial charge is 0.344 e. The van der Waals surface area contributed by atoms with Crippen LogP contribution in [-0.2, 0) is 28.6 Å². The fraction of sp³-hybridized carbons (Fsp3) is 0.875. The van der Waals surface area contributed by atoms with Gasteiger partial charge in [-0.25, -0.2) is 4.79 Å². The summed E-state index contributed by atoms with van der Waals surface area (Å²) in [5.41, 5.74) is 0. The van der Waals surface area contributed by atoms with E-state index in [9.17, 15) is 14.4 Å². The van der Waals surface area contributed by atoms with Gasteiger partial charge in [0.1, 0.15) is 6.10 Å². The van der Waals surface area contributed by atoms with E-state index in [0.717, 1.165) is 55.3 Å². The lowest BCUT2D eigenvalue weighted by atomic mass is 9.70. The molecule has 30 heavy (non-hydrogen) atoms. The lowest BCUT2D eigenvalue weighted by Crippen LogP contribution is -2.42. The van der Waals surface area contributed by atoms with E-state index in [4.69, 9.17) is 9.47 Å². The number of hydrogen-bond acceptors (Lipinski definition) is 6. The number of carbonyl (C=O) groups excluding carboxylic acids is 3. The predicted molar refractivity (Wildman–Crippen MR) is 105 cm³/mol. The maximum absolute atomic E-state index is 13.3. The SMILES string of the molecule is COC(=O)COC(=O)C1C2CCC(C2)C1C(=O)OC1CC2CC1C1C3CCC(C3)C21. The van der Waals surface area contributed by atoms with Crippen LogP contribution in [0.5, 0.6) is 0 Å². The number of hydrogen-bond donors (Lipinski definition) is 0. The van der Waals surface area contributed by atoms with E-state index in [1.807, 2.05) is 0 Å². The fourth-order valence-electron chi connectivity index (χ4n) is 9.12. The van der Waals surface area contributed by atoms with Crippen molar-refractivity contribution in [2.24, 2.45) is 59.2 Å². The van der Waals surface area contributed by atoms with Crippen LogP contribution in [0.4, 0.5) is 0 Å². The molecule has 11 atom stereocenters. The van der Waals surface area contributed by atoms with Crippen LogP contribution in [0.15, 0.2) is 0 Å². The first kappa shape index (κ1) is 19.1. The molecule has 0 heterocycles. The minimum atomic E-state index is -0.576. The summed E-state index contributed by atoms with van der Waals surface area (Å²) in [5.74, 6) is 3.09. The van der Waals surface area contributed by atoms with Crippen molar-refractivity contribution in [3.8, 4) is 0 Å². The summed E-state index contributed by atoms with van der Waals surface area (Å²) in [4.78, 5) is 37.4. The van der Waals surface area contributed by atoms with E-state index in [1.54, 1.807) is 0 Å². The second-order valence-electron chi connectivity index (χ2n) is 10.9. The zero-order valence-electron chi connectivity index (χ0n) is 17.7. The molecule has 6 rings (SSSR count). The number of ether oxygens (including phenoxy) is 3. The molecular formula is C24H32O6. The van der Waals surface area contributed by atoms with Crippen LogP contribution in [0.1, 0.15) is 51.4 Å². The third-order valence-corrected chi connectivity index (χ3v) is 9.96. The molecule has 0 aromatic carbocycles. The Bertz CT molecular complexity index is 763. The maximum Gasteiger partial charge on any atom is 0.344 e. The van der Waals surface area contributed by atoms with Gasteiger partial charge in [-0.05, 0) is 98.7 Å². The zero-order chi connectivity index (χ0) is 20.6. The minimum absolute atomic E-state index is 0.0500. The minimum Gasteiger partial charge on any atom is -0.466 e. The molecular weight excluding hydrogens is 384 g/mol. The van der Waals surface area contributed by atoms with Crippen molar-refractivity contribution in [3.63, 3.8) is 0 Å². The number of methoxy groups -OCH3 is 1. The van der Waals surface area contributed by atoms with Crippen LogP contribution in [0.25, 0.3) is 0 Å². The Kier molecular flexibility index (Phi) is 4.44. The largest absolute Gasteiger partial charge is 0.466 e. The highest BCUT2D eigenvalue weighted by Gasteiger charge is 2.64. The Labute approximate surface area is 177 Å². The van der Waals surface area contributed by atoms with E-state index in [1.165, 1.54) is 32.8 Å². The average Bonchev–Trinajstić information content (AvgIpc) is 3.56. The molecule has 0 aromatic heterocycles. The Hall–Kier alpha value is -1.59. The van der Waals surface area contributed by atoms with Crippen molar-refractivity contribution in [1.29, 1.82) is 0 Å². The molecule has 0 N–H and O–H groups in total. The molecule has 0 radical (unpaired) electrons. The summed E-state index contributed by atoms with van der Waals surface area (Å²) >= 11 is 0. The topological polar surface area (TPSA) is 78.9 Å². The number of fused-ring (bicyclic) bond motifs is 11. The summed E-state index contributed by atoms with van der Waals surface area (Å²) in [6.45, 7) is -0.386. The quantitative estimate of drug-likeness (QED) is 0.389. The molecule has 6 saturated carbocycles. The Balaban J connectivity index is 1.13. The van der Waals surface area contributed by atoms with Gasteiger partial charge >= 0.3 is 17.9 Å². The molecule has 0 spiro atoms. The van der Waals surface area contributed by atoms with Crippen molar-refractivity contribution in [2.45, 2.75) is 57.5 Å². The van der Waals surface area contributed by atoms with Gasteiger partial charge in [-0.2, -0.15) is 0 Å². The second kappa shape index (κ2) is 6.96. The van der Waals surface area contributed by atoms with E-state index in [0.29, 0.717) is 5.92 Å². The number of esters is 3. The van der Waals surface area contributed by atoms with Gasteiger partial charge in [0.25, 0.3) is 0 Å². The molecule has 0 saturated heterocycles. The highest BCUT2D eigenvalue weighted by Crippen LogP contribution is 2.68. The van der Waals surface area contributed by atoms with Crippen molar-refractivity contribution < 1.29 is 28.6 Å². The Morgan fingerprint density at radius 1 is 0.733 bits per heavy atom. The van der Waals surface area contributed by atoms with Crippen molar-refractivity contribution in [2.75, 3.05) is 13.7 Å². The molecule has 6 nitrogen and oxygen atoms in total. The molecule has 6 bridgehead atoms. The van der Waals surface area contributed by atoms with Crippen LogP contribution in [-0.4, -0.2) is 37.7 Å². The zero-order valence-corrected chi connectivity index (χ0v) is 17.7. The summed E-state index contributed by atoms with van der Waals surface area (Å²) in [6, 6.07) is 0. The van der Waals surface area contributed by atoms with Crippen molar-refractivity contribution >= 4 is 17.9 Å². The van der Waals surface area contributed by atoms with Crippen LogP contribution in [0, 0.1) is 59.2 Å². The molecule has 6 heteroatoms. The van der Waals surface area contributed by atoms with Crippen LogP contribution >= 0.6 is 0 Å². The second-order valence-corrected chi connectivity index (χ2v) is 10.9. The van der Waals surface area contributed by atoms with Gasteiger partial charge in [-0.3, -0.25) is 9.59 Å². The first-order valence-corrected chi connectivity index (χ1v) is 12.0. The molecule has 0 amide bonds. The van der Waals surface area contributed by atoms with E-state index in [-0.39, 0.29) is 30.5 Å². The van der Waals surface area contributed by atoms with Crippen LogP contribution in [0.3, 0.4) is 0 Å². The van der Waals surface area contributed by atoms with Gasteiger partial charge in [0, 0.05) is 0 Å². The van der Waals surface area contributed by atoms with E-state index >= 15 is 0 Å². The standard InChI is InChI=1S/C24H32O6/c1-28-18(25)10-29-23(26)21-13-4-5-14(7-13)22(21)24(27)30-17-9-15-8-16(17)20-12-3-2-11(6-12)19(15)20/h11-17,19-22H,2-10H2,1H3. The molecule has 0 aliphatic heterocycles. The average molecular weight is 417 g/mol. The maximum atomic E-state index is 13.3. The van der Waals surface area contributed by atoms with E-state index in [2.05, 4.69) is 4.74 Å². The number of rotatable bonds is 5. The first-order valence-electron chi connectivity index (χ1n) is 12.0. The predicted octanol–water partition coefficient (Wildman–Crippen LogP) is 2.98. The van der Waals surface area contributed by atoms with Gasteiger partial charge in [-0.15, -0.1) is 0 Å². The molecule has 11 unspecified atom stereocenters. The van der Waals surface area contributed by atoms with Crippen LogP contribution < -0.4 is 0 Å². The third kappa shape index (κ3) is 2.70. The summed E-state index contributed by atoms with van der Waals surface area (Å²) in [6.07, 6.45) is 9.33.